The zero-order valence-electron chi connectivity index (χ0n) is 10.0. The maximum atomic E-state index is 12.1. The van der Waals surface area contributed by atoms with Gasteiger partial charge in [0.2, 0.25) is 0 Å². The van der Waals surface area contributed by atoms with Crippen LogP contribution in [0, 0.1) is 0 Å². The lowest BCUT2D eigenvalue weighted by molar-refractivity contribution is -0.141. The second kappa shape index (κ2) is 5.51. The van der Waals surface area contributed by atoms with Crippen molar-refractivity contribution in [2.45, 2.75) is 12.5 Å². The van der Waals surface area contributed by atoms with Gasteiger partial charge in [0.25, 0.3) is 5.91 Å². The largest absolute Gasteiger partial charge is 0.480 e. The van der Waals surface area contributed by atoms with Crippen molar-refractivity contribution in [3.63, 3.8) is 0 Å². The number of aliphatic carboxylic acids is 1. The molecule has 1 atom stereocenters. The molecule has 100 valence electrons. The SMILES string of the molecule is O=C(CF)NC(Cc1c[nH]c2ccccc12)C(=O)O. The van der Waals surface area contributed by atoms with E-state index >= 15 is 0 Å². The number of amides is 1. The number of halogens is 1. The molecule has 2 rings (SSSR count). The number of carbonyl (C=O) groups is 2. The van der Waals surface area contributed by atoms with E-state index in [1.807, 2.05) is 24.3 Å². The molecule has 0 aliphatic rings. The molecule has 0 spiro atoms. The molecule has 3 N–H and O–H groups in total. The van der Waals surface area contributed by atoms with E-state index in [9.17, 15) is 14.0 Å². The van der Waals surface area contributed by atoms with Crippen LogP contribution in [0.5, 0.6) is 0 Å². The first-order valence-electron chi connectivity index (χ1n) is 5.75. The number of H-pyrrole nitrogens is 1. The molecule has 0 saturated heterocycles. The number of nitrogens with one attached hydrogen (secondary N) is 2. The third-order valence-electron chi connectivity index (χ3n) is 2.85. The van der Waals surface area contributed by atoms with Gasteiger partial charge in [0.15, 0.2) is 6.67 Å². The van der Waals surface area contributed by atoms with Gasteiger partial charge in [-0.15, -0.1) is 0 Å². The van der Waals surface area contributed by atoms with E-state index in [0.717, 1.165) is 16.5 Å². The van der Waals surface area contributed by atoms with Gasteiger partial charge in [0.05, 0.1) is 0 Å². The van der Waals surface area contributed by atoms with Crippen molar-refractivity contribution in [2.75, 3.05) is 6.67 Å². The minimum atomic E-state index is -1.22. The maximum absolute atomic E-state index is 12.1. The Morgan fingerprint density at radius 3 is 2.79 bits per heavy atom. The van der Waals surface area contributed by atoms with Gasteiger partial charge in [-0.05, 0) is 11.6 Å². The molecule has 5 nitrogen and oxygen atoms in total. The monoisotopic (exact) mass is 264 g/mol. The van der Waals surface area contributed by atoms with E-state index in [1.165, 1.54) is 0 Å². The fourth-order valence-electron chi connectivity index (χ4n) is 1.95. The fraction of sp³-hybridized carbons (Fsp3) is 0.231. The van der Waals surface area contributed by atoms with E-state index in [0.29, 0.717) is 0 Å². The summed E-state index contributed by atoms with van der Waals surface area (Å²) in [6, 6.07) is 6.30. The van der Waals surface area contributed by atoms with Crippen LogP contribution in [-0.2, 0) is 16.0 Å². The number of aromatic amines is 1. The number of rotatable bonds is 5. The lowest BCUT2D eigenvalue weighted by atomic mass is 10.1. The van der Waals surface area contributed by atoms with E-state index < -0.39 is 24.6 Å². The van der Waals surface area contributed by atoms with Crippen molar-refractivity contribution in [1.82, 2.24) is 10.3 Å². The molecule has 6 heteroatoms. The van der Waals surface area contributed by atoms with E-state index in [1.54, 1.807) is 6.20 Å². The zero-order valence-corrected chi connectivity index (χ0v) is 10.0. The van der Waals surface area contributed by atoms with E-state index in [2.05, 4.69) is 10.3 Å². The maximum Gasteiger partial charge on any atom is 0.326 e. The van der Waals surface area contributed by atoms with Crippen molar-refractivity contribution in [2.24, 2.45) is 0 Å². The number of hydrogen-bond donors (Lipinski definition) is 3. The summed E-state index contributed by atoms with van der Waals surface area (Å²) < 4.78 is 12.1. The molecular formula is C13H13FN2O3. The molecule has 19 heavy (non-hydrogen) atoms. The average Bonchev–Trinajstić information content (AvgIpc) is 2.81. The molecular weight excluding hydrogens is 251 g/mol. The number of para-hydroxylation sites is 1. The number of aromatic nitrogens is 1. The van der Waals surface area contributed by atoms with Gasteiger partial charge in [-0.3, -0.25) is 4.79 Å². The lowest BCUT2D eigenvalue weighted by Crippen LogP contribution is -2.42. The normalized spacial score (nSPS) is 12.3. The van der Waals surface area contributed by atoms with E-state index in [4.69, 9.17) is 5.11 Å². The third-order valence-corrected chi connectivity index (χ3v) is 2.85. The molecule has 0 saturated carbocycles. The van der Waals surface area contributed by atoms with Gasteiger partial charge in [0, 0.05) is 23.5 Å². The predicted molar refractivity (Wildman–Crippen MR) is 67.5 cm³/mol. The minimum absolute atomic E-state index is 0.102. The van der Waals surface area contributed by atoms with Gasteiger partial charge in [-0.1, -0.05) is 18.2 Å². The number of alkyl halides is 1. The Hall–Kier alpha value is -2.37. The standard InChI is InChI=1S/C13H13FN2O3/c14-6-12(17)16-11(13(18)19)5-8-7-15-10-4-2-1-3-9(8)10/h1-4,7,11,15H,5-6H2,(H,16,17)(H,18,19). The van der Waals surface area contributed by atoms with Crippen molar-refractivity contribution >= 4 is 22.8 Å². The summed E-state index contributed by atoms with van der Waals surface area (Å²) in [5.41, 5.74) is 1.65. The average molecular weight is 264 g/mol. The number of fused-ring (bicyclic) bond motifs is 1. The van der Waals surface area contributed by atoms with Crippen LogP contribution in [0.1, 0.15) is 5.56 Å². The second-order valence-electron chi connectivity index (χ2n) is 4.16. The predicted octanol–water partition coefficient (Wildman–Crippen LogP) is 1.25. The number of benzene rings is 1. The molecule has 0 fully saturated rings. The first kappa shape index (κ1) is 13.1. The molecule has 1 unspecified atom stereocenters. The van der Waals surface area contributed by atoms with Crippen LogP contribution in [0.25, 0.3) is 10.9 Å². The number of carboxylic acid groups (broad SMARTS) is 1. The Kier molecular flexibility index (Phi) is 3.79. The quantitative estimate of drug-likeness (QED) is 0.760. The fourth-order valence-corrected chi connectivity index (χ4v) is 1.95. The Morgan fingerprint density at radius 2 is 2.11 bits per heavy atom. The van der Waals surface area contributed by atoms with Gasteiger partial charge in [-0.25, -0.2) is 9.18 Å². The van der Waals surface area contributed by atoms with Crippen molar-refractivity contribution in [1.29, 1.82) is 0 Å². The van der Waals surface area contributed by atoms with Crippen LogP contribution in [0.2, 0.25) is 0 Å². The summed E-state index contributed by atoms with van der Waals surface area (Å²) in [5, 5.41) is 12.1. The van der Waals surface area contributed by atoms with Crippen LogP contribution < -0.4 is 5.32 Å². The number of carbonyl (C=O) groups excluding carboxylic acids is 1. The summed E-state index contributed by atoms with van der Waals surface area (Å²) in [6.07, 6.45) is 1.80. The van der Waals surface area contributed by atoms with Crippen LogP contribution in [0.15, 0.2) is 30.5 Å². The number of hydrogen-bond acceptors (Lipinski definition) is 2. The summed E-state index contributed by atoms with van der Waals surface area (Å²) >= 11 is 0. The van der Waals surface area contributed by atoms with Gasteiger partial charge in [0.1, 0.15) is 6.04 Å². The molecule has 0 radical (unpaired) electrons. The third kappa shape index (κ3) is 2.90. The lowest BCUT2D eigenvalue weighted by Gasteiger charge is -2.12. The highest BCUT2D eigenvalue weighted by Gasteiger charge is 2.21. The van der Waals surface area contributed by atoms with E-state index in [-0.39, 0.29) is 6.42 Å². The smallest absolute Gasteiger partial charge is 0.326 e. The topological polar surface area (TPSA) is 82.2 Å². The first-order chi connectivity index (χ1) is 9.11. The molecule has 1 aromatic carbocycles. The highest BCUT2D eigenvalue weighted by molar-refractivity contribution is 5.86. The van der Waals surface area contributed by atoms with Gasteiger partial charge < -0.3 is 15.4 Å². The van der Waals surface area contributed by atoms with Crippen molar-refractivity contribution < 1.29 is 19.1 Å². The van der Waals surface area contributed by atoms with Gasteiger partial charge in [-0.2, -0.15) is 0 Å². The summed E-state index contributed by atoms with van der Waals surface area (Å²) in [4.78, 5) is 25.0. The minimum Gasteiger partial charge on any atom is -0.480 e. The summed E-state index contributed by atoms with van der Waals surface area (Å²) in [6.45, 7) is -1.22. The molecule has 1 heterocycles. The highest BCUT2D eigenvalue weighted by atomic mass is 19.1. The molecule has 1 aromatic heterocycles. The Labute approximate surface area is 108 Å². The molecule has 0 aliphatic carbocycles. The highest BCUT2D eigenvalue weighted by Crippen LogP contribution is 2.19. The van der Waals surface area contributed by atoms with Crippen LogP contribution >= 0.6 is 0 Å². The molecule has 2 aromatic rings. The van der Waals surface area contributed by atoms with Crippen LogP contribution in [-0.4, -0.2) is 34.7 Å². The van der Waals surface area contributed by atoms with Crippen LogP contribution in [0.4, 0.5) is 4.39 Å². The molecule has 1 amide bonds. The zero-order chi connectivity index (χ0) is 13.8. The Balaban J connectivity index is 2.21. The molecule has 0 aliphatic heterocycles. The van der Waals surface area contributed by atoms with Crippen molar-refractivity contribution in [3.8, 4) is 0 Å². The Morgan fingerprint density at radius 1 is 1.37 bits per heavy atom. The second-order valence-corrected chi connectivity index (χ2v) is 4.16. The number of carboxylic acids is 1. The first-order valence-corrected chi connectivity index (χ1v) is 5.75. The summed E-state index contributed by atoms with van der Waals surface area (Å²) in [5.74, 6) is -2.11. The van der Waals surface area contributed by atoms with Gasteiger partial charge >= 0.3 is 5.97 Å². The summed E-state index contributed by atoms with van der Waals surface area (Å²) in [7, 11) is 0. The molecule has 0 bridgehead atoms. The van der Waals surface area contributed by atoms with Crippen LogP contribution in [0.3, 0.4) is 0 Å². The van der Waals surface area contributed by atoms with Crippen molar-refractivity contribution in [3.05, 3.63) is 36.0 Å². The Bertz CT molecular complexity index is 609.